The van der Waals surface area contributed by atoms with Gasteiger partial charge in [0.1, 0.15) is 11.6 Å². The van der Waals surface area contributed by atoms with E-state index in [0.717, 1.165) is 56.0 Å². The molecule has 2 aromatic rings. The molecule has 0 bridgehead atoms. The Morgan fingerprint density at radius 1 is 1.29 bits per heavy atom. The molecule has 0 radical (unpaired) electrons. The zero-order valence-corrected chi connectivity index (χ0v) is 14.2. The number of piperidine rings is 1. The van der Waals surface area contributed by atoms with Crippen LogP contribution in [0, 0.1) is 5.92 Å². The van der Waals surface area contributed by atoms with Crippen molar-refractivity contribution in [1.29, 1.82) is 0 Å². The first-order valence-corrected chi connectivity index (χ1v) is 8.71. The largest absolute Gasteiger partial charge is 0.334 e. The van der Waals surface area contributed by atoms with Gasteiger partial charge in [-0.1, -0.05) is 37.3 Å². The molecule has 2 N–H and O–H groups in total. The van der Waals surface area contributed by atoms with Gasteiger partial charge in [-0.25, -0.2) is 9.78 Å². The molecular weight excluding hydrogens is 302 g/mol. The minimum Gasteiger partial charge on any atom is -0.334 e. The highest BCUT2D eigenvalue weighted by atomic mass is 16.2. The number of rotatable bonds is 5. The van der Waals surface area contributed by atoms with Crippen molar-refractivity contribution in [3.8, 4) is 0 Å². The van der Waals surface area contributed by atoms with Crippen molar-refractivity contribution in [2.45, 2.75) is 39.2 Å². The summed E-state index contributed by atoms with van der Waals surface area (Å²) in [5.41, 5.74) is 1.12. The highest BCUT2D eigenvalue weighted by Gasteiger charge is 2.23. The maximum atomic E-state index is 12.3. The maximum Gasteiger partial charge on any atom is 0.317 e. The SMILES string of the molecule is CCc1n[nH]c(CC2CCN(C(=O)NCc3ccccc3)CC2)n1. The average Bonchev–Trinajstić information content (AvgIpc) is 3.09. The van der Waals surface area contributed by atoms with Crippen molar-refractivity contribution in [1.82, 2.24) is 25.4 Å². The first kappa shape index (κ1) is 16.5. The van der Waals surface area contributed by atoms with Gasteiger partial charge in [0.2, 0.25) is 0 Å². The third-order valence-electron chi connectivity index (χ3n) is 4.56. The number of aryl methyl sites for hydroxylation is 1. The Bertz CT molecular complexity index is 646. The van der Waals surface area contributed by atoms with Crippen LogP contribution in [0.15, 0.2) is 30.3 Å². The van der Waals surface area contributed by atoms with E-state index in [0.29, 0.717) is 12.5 Å². The third-order valence-corrected chi connectivity index (χ3v) is 4.56. The minimum absolute atomic E-state index is 0.0326. The number of carbonyl (C=O) groups is 1. The fourth-order valence-electron chi connectivity index (χ4n) is 3.08. The lowest BCUT2D eigenvalue weighted by atomic mass is 9.93. The highest BCUT2D eigenvalue weighted by molar-refractivity contribution is 5.74. The monoisotopic (exact) mass is 327 g/mol. The van der Waals surface area contributed by atoms with Gasteiger partial charge in [-0.3, -0.25) is 5.10 Å². The van der Waals surface area contributed by atoms with Gasteiger partial charge in [0.05, 0.1) is 0 Å². The van der Waals surface area contributed by atoms with Crippen molar-refractivity contribution >= 4 is 6.03 Å². The smallest absolute Gasteiger partial charge is 0.317 e. The number of carbonyl (C=O) groups excluding carboxylic acids is 1. The number of hydrogen-bond donors (Lipinski definition) is 2. The van der Waals surface area contributed by atoms with E-state index in [-0.39, 0.29) is 6.03 Å². The first-order chi connectivity index (χ1) is 11.7. The van der Waals surface area contributed by atoms with E-state index in [4.69, 9.17) is 0 Å². The van der Waals surface area contributed by atoms with Crippen LogP contribution in [0.5, 0.6) is 0 Å². The molecule has 128 valence electrons. The number of nitrogens with zero attached hydrogens (tertiary/aromatic N) is 3. The van der Waals surface area contributed by atoms with E-state index in [1.165, 1.54) is 0 Å². The fraction of sp³-hybridized carbons (Fsp3) is 0.500. The molecule has 6 nitrogen and oxygen atoms in total. The summed E-state index contributed by atoms with van der Waals surface area (Å²) in [4.78, 5) is 18.7. The Labute approximate surface area is 142 Å². The Morgan fingerprint density at radius 3 is 2.71 bits per heavy atom. The molecule has 0 atom stereocenters. The van der Waals surface area contributed by atoms with Gasteiger partial charge >= 0.3 is 6.03 Å². The molecule has 1 aromatic heterocycles. The summed E-state index contributed by atoms with van der Waals surface area (Å²) in [6, 6.07) is 10.0. The Balaban J connectivity index is 1.42. The molecule has 1 aromatic carbocycles. The van der Waals surface area contributed by atoms with E-state index < -0.39 is 0 Å². The second-order valence-corrected chi connectivity index (χ2v) is 6.33. The van der Waals surface area contributed by atoms with Crippen LogP contribution in [-0.2, 0) is 19.4 Å². The second kappa shape index (κ2) is 7.95. The fourth-order valence-corrected chi connectivity index (χ4v) is 3.08. The number of nitrogens with one attached hydrogen (secondary N) is 2. The number of benzene rings is 1. The predicted octanol–water partition coefficient (Wildman–Crippen LogP) is 2.53. The Hall–Kier alpha value is -2.37. The first-order valence-electron chi connectivity index (χ1n) is 8.71. The third kappa shape index (κ3) is 4.34. The van der Waals surface area contributed by atoms with E-state index in [2.05, 4.69) is 27.4 Å². The number of amides is 2. The summed E-state index contributed by atoms with van der Waals surface area (Å²) in [6.07, 6.45) is 3.81. The number of urea groups is 1. The van der Waals surface area contributed by atoms with Gasteiger partial charge < -0.3 is 10.2 Å². The lowest BCUT2D eigenvalue weighted by Gasteiger charge is -2.31. The molecule has 1 saturated heterocycles. The van der Waals surface area contributed by atoms with Gasteiger partial charge in [0.25, 0.3) is 0 Å². The molecule has 0 spiro atoms. The lowest BCUT2D eigenvalue weighted by Crippen LogP contribution is -2.44. The number of aromatic amines is 1. The van der Waals surface area contributed by atoms with E-state index >= 15 is 0 Å². The number of hydrogen-bond acceptors (Lipinski definition) is 3. The second-order valence-electron chi connectivity index (χ2n) is 6.33. The summed E-state index contributed by atoms with van der Waals surface area (Å²) in [6.45, 7) is 4.25. The molecule has 0 unspecified atom stereocenters. The van der Waals surface area contributed by atoms with Crippen LogP contribution in [0.25, 0.3) is 0 Å². The standard InChI is InChI=1S/C18H25N5O/c1-2-16-20-17(22-21-16)12-14-8-10-23(11-9-14)18(24)19-13-15-6-4-3-5-7-15/h3-7,14H,2,8-13H2,1H3,(H,19,24)(H,20,21,22). The average molecular weight is 327 g/mol. The zero-order chi connectivity index (χ0) is 16.8. The van der Waals surface area contributed by atoms with Gasteiger partial charge in [-0.05, 0) is 24.3 Å². The minimum atomic E-state index is 0.0326. The van der Waals surface area contributed by atoms with E-state index in [1.54, 1.807) is 0 Å². The van der Waals surface area contributed by atoms with Crippen LogP contribution in [0.2, 0.25) is 0 Å². The molecule has 2 heterocycles. The molecule has 3 rings (SSSR count). The van der Waals surface area contributed by atoms with E-state index in [9.17, 15) is 4.79 Å². The Kier molecular flexibility index (Phi) is 5.46. The quantitative estimate of drug-likeness (QED) is 0.886. The van der Waals surface area contributed by atoms with Gasteiger partial charge in [0.15, 0.2) is 0 Å². The van der Waals surface area contributed by atoms with Crippen molar-refractivity contribution < 1.29 is 4.79 Å². The molecule has 1 fully saturated rings. The van der Waals surface area contributed by atoms with Crippen molar-refractivity contribution in [3.63, 3.8) is 0 Å². The molecule has 0 saturated carbocycles. The molecular formula is C18H25N5O. The van der Waals surface area contributed by atoms with Crippen LogP contribution in [-0.4, -0.2) is 39.2 Å². The van der Waals surface area contributed by atoms with Gasteiger partial charge in [-0.15, -0.1) is 0 Å². The van der Waals surface area contributed by atoms with Crippen molar-refractivity contribution in [3.05, 3.63) is 47.5 Å². The normalized spacial score (nSPS) is 15.5. The van der Waals surface area contributed by atoms with Crippen molar-refractivity contribution in [2.24, 2.45) is 5.92 Å². The van der Waals surface area contributed by atoms with Crippen LogP contribution in [0.4, 0.5) is 4.79 Å². The van der Waals surface area contributed by atoms with Crippen molar-refractivity contribution in [2.75, 3.05) is 13.1 Å². The molecule has 24 heavy (non-hydrogen) atoms. The summed E-state index contributed by atoms with van der Waals surface area (Å²) in [5, 5.41) is 10.2. The molecule has 1 aliphatic rings. The predicted molar refractivity (Wildman–Crippen MR) is 92.4 cm³/mol. The number of H-pyrrole nitrogens is 1. The summed E-state index contributed by atoms with van der Waals surface area (Å²) in [7, 11) is 0. The zero-order valence-electron chi connectivity index (χ0n) is 14.2. The number of aromatic nitrogens is 3. The topological polar surface area (TPSA) is 73.9 Å². The molecule has 6 heteroatoms. The van der Waals surface area contributed by atoms with Crippen LogP contribution in [0.3, 0.4) is 0 Å². The van der Waals surface area contributed by atoms with Gasteiger partial charge in [-0.2, -0.15) is 5.10 Å². The molecule has 2 amide bonds. The van der Waals surface area contributed by atoms with Crippen LogP contribution < -0.4 is 5.32 Å². The van der Waals surface area contributed by atoms with Crippen LogP contribution >= 0.6 is 0 Å². The molecule has 0 aliphatic carbocycles. The summed E-state index contributed by atoms with van der Waals surface area (Å²) < 4.78 is 0. The summed E-state index contributed by atoms with van der Waals surface area (Å²) >= 11 is 0. The van der Waals surface area contributed by atoms with E-state index in [1.807, 2.05) is 35.2 Å². The van der Waals surface area contributed by atoms with Gasteiger partial charge in [0, 0.05) is 32.5 Å². The summed E-state index contributed by atoms with van der Waals surface area (Å²) in [5.74, 6) is 2.42. The van der Waals surface area contributed by atoms with Crippen LogP contribution in [0.1, 0.15) is 37.0 Å². The number of likely N-dealkylation sites (tertiary alicyclic amines) is 1. The highest BCUT2D eigenvalue weighted by Crippen LogP contribution is 2.20. The Morgan fingerprint density at radius 2 is 2.04 bits per heavy atom. The lowest BCUT2D eigenvalue weighted by molar-refractivity contribution is 0.169. The molecule has 1 aliphatic heterocycles. The maximum absolute atomic E-state index is 12.3.